The van der Waals surface area contributed by atoms with Crippen molar-refractivity contribution in [2.24, 2.45) is 0 Å². The minimum atomic E-state index is -0.242. The van der Waals surface area contributed by atoms with Crippen molar-refractivity contribution in [2.75, 3.05) is 31.5 Å². The van der Waals surface area contributed by atoms with Crippen molar-refractivity contribution >= 4 is 17.6 Å². The molecule has 0 bridgehead atoms. The molecule has 1 heterocycles. The lowest BCUT2D eigenvalue weighted by Crippen LogP contribution is -2.50. The van der Waals surface area contributed by atoms with Gasteiger partial charge in [0.2, 0.25) is 0 Å². The van der Waals surface area contributed by atoms with E-state index in [1.165, 1.54) is 0 Å². The molecule has 1 aromatic carbocycles. The van der Waals surface area contributed by atoms with Gasteiger partial charge in [0.15, 0.2) is 0 Å². The summed E-state index contributed by atoms with van der Waals surface area (Å²) in [5.74, 6) is 0.0524. The number of nitrogens with one attached hydrogen (secondary N) is 2. The normalized spacial score (nSPS) is 15.7. The number of amides is 3. The topological polar surface area (TPSA) is 64.7 Å². The number of carbonyl (C=O) groups is 2. The second-order valence-corrected chi connectivity index (χ2v) is 6.75. The van der Waals surface area contributed by atoms with Crippen LogP contribution in [0.25, 0.3) is 0 Å². The fourth-order valence-corrected chi connectivity index (χ4v) is 2.75. The zero-order chi connectivity index (χ0) is 17.7. The van der Waals surface area contributed by atoms with Gasteiger partial charge in [0.25, 0.3) is 5.91 Å². The molecular formula is C18H28N4O2. The fourth-order valence-electron chi connectivity index (χ4n) is 2.75. The third-order valence-corrected chi connectivity index (χ3v) is 4.14. The molecule has 0 saturated carbocycles. The van der Waals surface area contributed by atoms with E-state index < -0.39 is 0 Å². The molecule has 6 nitrogen and oxygen atoms in total. The van der Waals surface area contributed by atoms with Crippen molar-refractivity contribution in [1.82, 2.24) is 15.1 Å². The fraction of sp³-hybridized carbons (Fsp3) is 0.556. The maximum Gasteiger partial charge on any atom is 0.319 e. The molecule has 6 heteroatoms. The van der Waals surface area contributed by atoms with Gasteiger partial charge in [-0.05, 0) is 52.0 Å². The molecule has 1 aliphatic rings. The Morgan fingerprint density at radius 2 is 1.54 bits per heavy atom. The minimum absolute atomic E-state index is 0.0524. The molecule has 3 amide bonds. The summed E-state index contributed by atoms with van der Waals surface area (Å²) in [4.78, 5) is 28.5. The van der Waals surface area contributed by atoms with Gasteiger partial charge in [-0.1, -0.05) is 0 Å². The van der Waals surface area contributed by atoms with Crippen molar-refractivity contribution in [3.63, 3.8) is 0 Å². The number of urea groups is 1. The van der Waals surface area contributed by atoms with Crippen LogP contribution in [-0.4, -0.2) is 60.0 Å². The van der Waals surface area contributed by atoms with E-state index in [-0.39, 0.29) is 18.0 Å². The number of hydrogen-bond donors (Lipinski definition) is 2. The summed E-state index contributed by atoms with van der Waals surface area (Å²) >= 11 is 0. The zero-order valence-electron chi connectivity index (χ0n) is 15.0. The Kier molecular flexibility index (Phi) is 6.20. The van der Waals surface area contributed by atoms with Gasteiger partial charge in [-0.3, -0.25) is 9.69 Å². The lowest BCUT2D eigenvalue weighted by atomic mass is 10.1. The molecule has 0 unspecified atom stereocenters. The largest absolute Gasteiger partial charge is 0.336 e. The quantitative estimate of drug-likeness (QED) is 0.890. The summed E-state index contributed by atoms with van der Waals surface area (Å²) < 4.78 is 0. The van der Waals surface area contributed by atoms with Gasteiger partial charge in [0.05, 0.1) is 0 Å². The SMILES string of the molecule is CC(C)NC(=O)Nc1ccc(C(=O)N2CCN(C(C)C)CC2)cc1. The molecule has 1 aromatic rings. The molecule has 0 spiro atoms. The molecule has 0 aliphatic carbocycles. The van der Waals surface area contributed by atoms with Gasteiger partial charge in [0.1, 0.15) is 0 Å². The Balaban J connectivity index is 1.91. The summed E-state index contributed by atoms with van der Waals surface area (Å²) in [6, 6.07) is 7.41. The number of rotatable bonds is 4. The van der Waals surface area contributed by atoms with E-state index in [1.807, 2.05) is 18.7 Å². The Morgan fingerprint density at radius 3 is 2.04 bits per heavy atom. The Bertz CT molecular complexity index is 561. The number of benzene rings is 1. The molecular weight excluding hydrogens is 304 g/mol. The van der Waals surface area contributed by atoms with Gasteiger partial charge < -0.3 is 15.5 Å². The van der Waals surface area contributed by atoms with Crippen molar-refractivity contribution < 1.29 is 9.59 Å². The second-order valence-electron chi connectivity index (χ2n) is 6.75. The lowest BCUT2D eigenvalue weighted by molar-refractivity contribution is 0.0595. The number of hydrogen-bond acceptors (Lipinski definition) is 3. The first-order valence-corrected chi connectivity index (χ1v) is 8.57. The van der Waals surface area contributed by atoms with Crippen LogP contribution in [0.2, 0.25) is 0 Å². The predicted molar refractivity (Wildman–Crippen MR) is 96.3 cm³/mol. The van der Waals surface area contributed by atoms with Crippen LogP contribution in [0.4, 0.5) is 10.5 Å². The molecule has 24 heavy (non-hydrogen) atoms. The Morgan fingerprint density at radius 1 is 0.958 bits per heavy atom. The van der Waals surface area contributed by atoms with E-state index in [2.05, 4.69) is 29.4 Å². The van der Waals surface area contributed by atoms with E-state index in [0.717, 1.165) is 26.2 Å². The van der Waals surface area contributed by atoms with E-state index >= 15 is 0 Å². The molecule has 132 valence electrons. The van der Waals surface area contributed by atoms with Crippen LogP contribution in [-0.2, 0) is 0 Å². The molecule has 2 rings (SSSR count). The maximum atomic E-state index is 12.6. The van der Waals surface area contributed by atoms with E-state index in [9.17, 15) is 9.59 Å². The van der Waals surface area contributed by atoms with Crippen LogP contribution in [0.5, 0.6) is 0 Å². The van der Waals surface area contributed by atoms with Gasteiger partial charge in [-0.2, -0.15) is 0 Å². The summed E-state index contributed by atoms with van der Waals surface area (Å²) in [6.45, 7) is 11.5. The number of piperazine rings is 1. The third-order valence-electron chi connectivity index (χ3n) is 4.14. The molecule has 0 atom stereocenters. The van der Waals surface area contributed by atoms with Crippen molar-refractivity contribution in [2.45, 2.75) is 39.8 Å². The van der Waals surface area contributed by atoms with Crippen molar-refractivity contribution in [1.29, 1.82) is 0 Å². The van der Waals surface area contributed by atoms with Crippen LogP contribution >= 0.6 is 0 Å². The first-order valence-electron chi connectivity index (χ1n) is 8.57. The molecule has 2 N–H and O–H groups in total. The number of anilines is 1. The van der Waals surface area contributed by atoms with Crippen molar-refractivity contribution in [3.8, 4) is 0 Å². The van der Waals surface area contributed by atoms with Crippen LogP contribution in [0.15, 0.2) is 24.3 Å². The Hall–Kier alpha value is -2.08. The zero-order valence-corrected chi connectivity index (χ0v) is 15.0. The van der Waals surface area contributed by atoms with Crippen LogP contribution in [0.3, 0.4) is 0 Å². The minimum Gasteiger partial charge on any atom is -0.336 e. The van der Waals surface area contributed by atoms with E-state index in [4.69, 9.17) is 0 Å². The average Bonchev–Trinajstić information content (AvgIpc) is 2.54. The second kappa shape index (κ2) is 8.15. The first-order chi connectivity index (χ1) is 11.4. The summed E-state index contributed by atoms with van der Waals surface area (Å²) in [7, 11) is 0. The predicted octanol–water partition coefficient (Wildman–Crippen LogP) is 2.38. The first kappa shape index (κ1) is 18.3. The standard InChI is InChI=1S/C18H28N4O2/c1-13(2)19-18(24)20-16-7-5-15(6-8-16)17(23)22-11-9-21(10-12-22)14(3)4/h5-8,13-14H,9-12H2,1-4H3,(H2,19,20,24). The molecule has 1 aliphatic heterocycles. The lowest BCUT2D eigenvalue weighted by Gasteiger charge is -2.37. The summed E-state index contributed by atoms with van der Waals surface area (Å²) in [6.07, 6.45) is 0. The summed E-state index contributed by atoms with van der Waals surface area (Å²) in [5, 5.41) is 5.52. The Labute approximate surface area is 144 Å². The summed E-state index contributed by atoms with van der Waals surface area (Å²) in [5.41, 5.74) is 1.33. The highest BCUT2D eigenvalue weighted by atomic mass is 16.2. The van der Waals surface area contributed by atoms with Gasteiger partial charge in [-0.15, -0.1) is 0 Å². The van der Waals surface area contributed by atoms with E-state index in [0.29, 0.717) is 17.3 Å². The molecule has 0 radical (unpaired) electrons. The molecule has 1 fully saturated rings. The third kappa shape index (κ3) is 4.96. The van der Waals surface area contributed by atoms with Gasteiger partial charge in [0, 0.05) is 49.5 Å². The highest BCUT2D eigenvalue weighted by Gasteiger charge is 2.23. The highest BCUT2D eigenvalue weighted by Crippen LogP contribution is 2.14. The average molecular weight is 332 g/mol. The number of nitrogens with zero attached hydrogens (tertiary/aromatic N) is 2. The molecule has 1 saturated heterocycles. The van der Waals surface area contributed by atoms with Crippen molar-refractivity contribution in [3.05, 3.63) is 29.8 Å². The van der Waals surface area contributed by atoms with Crippen LogP contribution < -0.4 is 10.6 Å². The monoisotopic (exact) mass is 332 g/mol. The van der Waals surface area contributed by atoms with E-state index in [1.54, 1.807) is 24.3 Å². The van der Waals surface area contributed by atoms with Crippen LogP contribution in [0.1, 0.15) is 38.1 Å². The smallest absolute Gasteiger partial charge is 0.319 e. The maximum absolute atomic E-state index is 12.6. The van der Waals surface area contributed by atoms with Gasteiger partial charge >= 0.3 is 6.03 Å². The molecule has 0 aromatic heterocycles. The highest BCUT2D eigenvalue weighted by molar-refractivity contribution is 5.95. The number of carbonyl (C=O) groups excluding carboxylic acids is 2. The van der Waals surface area contributed by atoms with Crippen LogP contribution in [0, 0.1) is 0 Å². The van der Waals surface area contributed by atoms with Gasteiger partial charge in [-0.25, -0.2) is 4.79 Å².